The number of allylic oxidation sites excluding steroid dienone is 4. The van der Waals surface area contributed by atoms with E-state index in [9.17, 15) is 19.5 Å². The predicted octanol–water partition coefficient (Wildman–Crippen LogP) is 3.95. The third-order valence-corrected chi connectivity index (χ3v) is 10.5. The molecule has 186 valence electrons. The monoisotopic (exact) mass is 494 g/mol. The third kappa shape index (κ3) is 2.73. The molecule has 0 aromatic heterocycles. The van der Waals surface area contributed by atoms with Crippen LogP contribution in [0.25, 0.3) is 0 Å². The Hall–Kier alpha value is -1.54. The van der Waals surface area contributed by atoms with Gasteiger partial charge in [0.2, 0.25) is 5.12 Å². The van der Waals surface area contributed by atoms with Gasteiger partial charge in [-0.2, -0.15) is 0 Å². The number of fused-ring (bicyclic) bond motifs is 5. The van der Waals surface area contributed by atoms with Crippen molar-refractivity contribution in [2.24, 2.45) is 40.4 Å². The Morgan fingerprint density at radius 1 is 1.18 bits per heavy atom. The average molecular weight is 495 g/mol. The lowest BCUT2D eigenvalue weighted by atomic mass is 9.44. The Balaban J connectivity index is 1.61. The van der Waals surface area contributed by atoms with E-state index in [4.69, 9.17) is 4.74 Å². The fourth-order valence-electron chi connectivity index (χ4n) is 8.13. The maximum Gasteiger partial charge on any atom is 0.310 e. The van der Waals surface area contributed by atoms with Crippen LogP contribution in [0.2, 0.25) is 0 Å². The van der Waals surface area contributed by atoms with Gasteiger partial charge in [-0.3, -0.25) is 14.4 Å². The highest BCUT2D eigenvalue weighted by Crippen LogP contribution is 2.72. The van der Waals surface area contributed by atoms with Gasteiger partial charge in [-0.1, -0.05) is 26.8 Å². The molecule has 0 spiro atoms. The maximum absolute atomic E-state index is 17.2. The second-order valence-electron chi connectivity index (χ2n) is 11.8. The van der Waals surface area contributed by atoms with Crippen molar-refractivity contribution in [3.05, 3.63) is 23.8 Å². The van der Waals surface area contributed by atoms with E-state index in [1.165, 1.54) is 19.1 Å². The highest BCUT2D eigenvalue weighted by molar-refractivity contribution is 7.96. The summed E-state index contributed by atoms with van der Waals surface area (Å²) in [7, 11) is 0. The van der Waals surface area contributed by atoms with Gasteiger partial charge in [-0.25, -0.2) is 8.78 Å². The Bertz CT molecular complexity index is 1040. The second-order valence-corrected chi connectivity index (χ2v) is 12.2. The number of halogens is 2. The number of hydrogen-bond donors (Lipinski definition) is 2. The van der Waals surface area contributed by atoms with E-state index < -0.39 is 69.0 Å². The van der Waals surface area contributed by atoms with Crippen molar-refractivity contribution in [1.29, 1.82) is 0 Å². The van der Waals surface area contributed by atoms with Crippen molar-refractivity contribution in [3.63, 3.8) is 0 Å². The molecule has 5 rings (SSSR count). The van der Waals surface area contributed by atoms with Crippen LogP contribution in [0.3, 0.4) is 0 Å². The molecule has 0 aliphatic heterocycles. The zero-order valence-electron chi connectivity index (χ0n) is 19.9. The second kappa shape index (κ2) is 7.25. The summed E-state index contributed by atoms with van der Waals surface area (Å²) in [5.74, 6) is -2.92. The number of rotatable bonds is 3. The molecule has 11 atom stereocenters. The first-order chi connectivity index (χ1) is 15.7. The summed E-state index contributed by atoms with van der Waals surface area (Å²) < 4.78 is 38.8. The molecule has 0 aromatic rings. The van der Waals surface area contributed by atoms with Crippen molar-refractivity contribution in [3.8, 4) is 0 Å². The number of hydrogen-bond acceptors (Lipinski definition) is 5. The van der Waals surface area contributed by atoms with Gasteiger partial charge in [0.25, 0.3) is 0 Å². The number of ketones is 1. The Labute approximate surface area is 203 Å². The summed E-state index contributed by atoms with van der Waals surface area (Å²) >= 11 is 4.16. The van der Waals surface area contributed by atoms with E-state index in [-0.39, 0.29) is 30.3 Å². The molecule has 0 saturated heterocycles. The molecule has 1 N–H and O–H groups in total. The van der Waals surface area contributed by atoms with Crippen LogP contribution in [-0.4, -0.2) is 45.5 Å². The van der Waals surface area contributed by atoms with Crippen LogP contribution in [0.1, 0.15) is 53.4 Å². The number of alkyl halides is 2. The first kappa shape index (κ1) is 24.2. The quantitative estimate of drug-likeness (QED) is 0.459. The summed E-state index contributed by atoms with van der Waals surface area (Å²) in [6.07, 6.45) is 1.32. The minimum Gasteiger partial charge on any atom is -0.449 e. The zero-order valence-corrected chi connectivity index (χ0v) is 20.8. The van der Waals surface area contributed by atoms with Gasteiger partial charge in [0, 0.05) is 22.7 Å². The van der Waals surface area contributed by atoms with Gasteiger partial charge in [-0.05, 0) is 62.2 Å². The maximum atomic E-state index is 17.2. The van der Waals surface area contributed by atoms with Crippen LogP contribution in [0.4, 0.5) is 8.78 Å². The van der Waals surface area contributed by atoms with Crippen LogP contribution in [0.5, 0.6) is 0 Å². The minimum atomic E-state index is -2.24. The van der Waals surface area contributed by atoms with E-state index in [0.717, 1.165) is 6.08 Å². The van der Waals surface area contributed by atoms with E-state index in [1.807, 2.05) is 6.92 Å². The number of carbonyl (C=O) groups is 3. The highest BCUT2D eigenvalue weighted by atomic mass is 32.1. The largest absolute Gasteiger partial charge is 0.449 e. The van der Waals surface area contributed by atoms with Crippen LogP contribution < -0.4 is 0 Å². The first-order valence-electron chi connectivity index (χ1n) is 12.2. The Kier molecular flexibility index (Phi) is 5.15. The number of aliphatic hydroxyl groups is 1. The van der Waals surface area contributed by atoms with E-state index >= 15 is 8.78 Å². The SMILES string of the molecule is CC1CC1C(=O)OC1(C(=O)S)C(C)C[C@H]2[C@@H]3CC(F)C4=CC(=O)C=C[C@]4(C)C3(F)C(O)C[C@@]21C. The molecule has 0 bridgehead atoms. The molecule has 4 saturated carbocycles. The number of thiol groups is 1. The minimum absolute atomic E-state index is 0.0538. The van der Waals surface area contributed by atoms with Crippen molar-refractivity contribution < 1.29 is 33.0 Å². The Morgan fingerprint density at radius 2 is 1.82 bits per heavy atom. The molecule has 0 aromatic carbocycles. The fraction of sp³-hybridized carbons (Fsp3) is 0.731. The third-order valence-electron chi connectivity index (χ3n) is 10.2. The summed E-state index contributed by atoms with van der Waals surface area (Å²) in [4.78, 5) is 38.0. The predicted molar refractivity (Wildman–Crippen MR) is 123 cm³/mol. The van der Waals surface area contributed by atoms with E-state index in [0.29, 0.717) is 12.8 Å². The number of esters is 1. The molecule has 5 aliphatic carbocycles. The van der Waals surface area contributed by atoms with Crippen LogP contribution >= 0.6 is 12.6 Å². The number of ether oxygens (including phenoxy) is 1. The molecular formula is C26H32F2O5S. The normalized spacial score (nSPS) is 53.4. The van der Waals surface area contributed by atoms with Gasteiger partial charge in [0.15, 0.2) is 17.1 Å². The molecule has 7 unspecified atom stereocenters. The van der Waals surface area contributed by atoms with Gasteiger partial charge in [-0.15, -0.1) is 12.6 Å². The molecule has 5 nitrogen and oxygen atoms in total. The molecule has 0 amide bonds. The first-order valence-corrected chi connectivity index (χ1v) is 12.6. The summed E-state index contributed by atoms with van der Waals surface area (Å²) in [6.45, 7) is 7.01. The molecule has 8 heteroatoms. The Morgan fingerprint density at radius 3 is 2.41 bits per heavy atom. The molecule has 5 aliphatic rings. The van der Waals surface area contributed by atoms with Crippen molar-refractivity contribution in [1.82, 2.24) is 0 Å². The smallest absolute Gasteiger partial charge is 0.310 e. The van der Waals surface area contributed by atoms with Gasteiger partial charge in [0.05, 0.1) is 12.0 Å². The molecular weight excluding hydrogens is 462 g/mol. The van der Waals surface area contributed by atoms with Crippen LogP contribution in [0, 0.1) is 40.4 Å². The average Bonchev–Trinajstić information content (AvgIpc) is 3.44. The highest BCUT2D eigenvalue weighted by Gasteiger charge is 2.78. The standard InChI is InChI=1S/C26H32F2O5S/c1-12-7-15(12)21(31)33-26(22(32)34)13(2)8-16-17-10-19(27)18-9-14(29)5-6-23(18,3)25(17,28)20(30)11-24(16,26)4/h5-6,9,12-13,15-17,19-20,30H,7-8,10-11H2,1-4H3,(H,32,34)/t12?,13?,15?,16-,17-,19?,20?,23-,24-,25?,26?/m0/s1. The number of carbonyl (C=O) groups excluding carboxylic acids is 3. The van der Waals surface area contributed by atoms with Crippen LogP contribution in [-0.2, 0) is 19.1 Å². The summed E-state index contributed by atoms with van der Waals surface area (Å²) in [5, 5.41) is 10.8. The van der Waals surface area contributed by atoms with Crippen molar-refractivity contribution >= 4 is 29.5 Å². The fourth-order valence-corrected chi connectivity index (χ4v) is 8.65. The summed E-state index contributed by atoms with van der Waals surface area (Å²) in [5.41, 5.74) is -6.44. The van der Waals surface area contributed by atoms with Gasteiger partial charge < -0.3 is 9.84 Å². The summed E-state index contributed by atoms with van der Waals surface area (Å²) in [6, 6.07) is 0. The number of aliphatic hydroxyl groups excluding tert-OH is 1. The van der Waals surface area contributed by atoms with E-state index in [1.54, 1.807) is 13.8 Å². The molecule has 4 fully saturated rings. The lowest BCUT2D eigenvalue weighted by Crippen LogP contribution is -2.70. The molecule has 0 radical (unpaired) electrons. The molecule has 0 heterocycles. The zero-order chi connectivity index (χ0) is 25.0. The lowest BCUT2D eigenvalue weighted by Gasteiger charge is -2.63. The van der Waals surface area contributed by atoms with Gasteiger partial charge >= 0.3 is 5.97 Å². The van der Waals surface area contributed by atoms with Crippen LogP contribution in [0.15, 0.2) is 23.8 Å². The van der Waals surface area contributed by atoms with Gasteiger partial charge in [0.1, 0.15) is 6.17 Å². The molecule has 34 heavy (non-hydrogen) atoms. The topological polar surface area (TPSA) is 80.7 Å². The van der Waals surface area contributed by atoms with Crippen molar-refractivity contribution in [2.75, 3.05) is 0 Å². The van der Waals surface area contributed by atoms with Crippen molar-refractivity contribution in [2.45, 2.75) is 76.9 Å². The lowest BCUT2D eigenvalue weighted by molar-refractivity contribution is -0.229. The van der Waals surface area contributed by atoms with E-state index in [2.05, 4.69) is 12.6 Å².